The number of carbonyl (C=O) groups excluding carboxylic acids is 1. The molecule has 1 aliphatic rings. The maximum absolute atomic E-state index is 12.7. The number of sulfonamides is 1. The van der Waals surface area contributed by atoms with Crippen LogP contribution in [-0.4, -0.2) is 38.3 Å². The number of anilines is 1. The topological polar surface area (TPSA) is 75.7 Å². The minimum absolute atomic E-state index is 0.112. The number of nitrogens with one attached hydrogen (secondary N) is 1. The summed E-state index contributed by atoms with van der Waals surface area (Å²) in [6, 6.07) is 14.1. The summed E-state index contributed by atoms with van der Waals surface area (Å²) in [6.45, 7) is 4.62. The van der Waals surface area contributed by atoms with E-state index >= 15 is 0 Å². The molecule has 1 N–H and O–H groups in total. The molecule has 1 aliphatic heterocycles. The minimum atomic E-state index is -3.49. The second-order valence-electron chi connectivity index (χ2n) is 7.14. The molecule has 1 fully saturated rings. The molecule has 3 rings (SSSR count). The van der Waals surface area contributed by atoms with Gasteiger partial charge < -0.3 is 10.1 Å². The lowest BCUT2D eigenvalue weighted by Crippen LogP contribution is -2.41. The van der Waals surface area contributed by atoms with E-state index in [1.807, 2.05) is 6.07 Å². The molecule has 160 valence electrons. The van der Waals surface area contributed by atoms with Gasteiger partial charge in [0, 0.05) is 35.8 Å². The summed E-state index contributed by atoms with van der Waals surface area (Å²) in [6.07, 6.45) is 2.60. The molecule has 0 unspecified atom stereocenters. The summed E-state index contributed by atoms with van der Waals surface area (Å²) >= 11 is 6.10. The predicted octanol–water partition coefficient (Wildman–Crippen LogP) is 4.09. The molecule has 0 atom stereocenters. The van der Waals surface area contributed by atoms with Crippen molar-refractivity contribution in [2.75, 3.05) is 25.0 Å². The molecule has 6 nitrogen and oxygen atoms in total. The molecule has 1 amide bonds. The Bertz CT molecular complexity index is 1000. The fraction of sp³-hybridized carbons (Fsp3) is 0.318. The van der Waals surface area contributed by atoms with Gasteiger partial charge in [0.15, 0.2) is 0 Å². The zero-order chi connectivity index (χ0) is 21.6. The summed E-state index contributed by atoms with van der Waals surface area (Å²) in [5.74, 6) is 0.155. The number of halogens is 1. The molecule has 2 aromatic carbocycles. The van der Waals surface area contributed by atoms with Gasteiger partial charge in [0.2, 0.25) is 15.9 Å². The second-order valence-corrected chi connectivity index (χ2v) is 9.51. The van der Waals surface area contributed by atoms with Crippen molar-refractivity contribution in [1.29, 1.82) is 0 Å². The smallest absolute Gasteiger partial charge is 0.227 e. The predicted molar refractivity (Wildman–Crippen MR) is 119 cm³/mol. The number of carbonyl (C=O) groups is 1. The number of nitrogens with zero attached hydrogens (tertiary/aromatic N) is 1. The van der Waals surface area contributed by atoms with Gasteiger partial charge in [-0.3, -0.25) is 4.79 Å². The molecule has 2 aromatic rings. The van der Waals surface area contributed by atoms with Crippen LogP contribution in [0, 0.1) is 5.92 Å². The Hall–Kier alpha value is -2.35. The molecule has 0 spiro atoms. The Morgan fingerprint density at radius 3 is 2.63 bits per heavy atom. The van der Waals surface area contributed by atoms with Gasteiger partial charge in [0.1, 0.15) is 12.4 Å². The van der Waals surface area contributed by atoms with Crippen LogP contribution in [-0.2, 0) is 20.6 Å². The number of hydrogen-bond acceptors (Lipinski definition) is 4. The molecule has 1 saturated heterocycles. The largest absolute Gasteiger partial charge is 0.489 e. The lowest BCUT2D eigenvalue weighted by molar-refractivity contribution is -0.120. The van der Waals surface area contributed by atoms with Crippen molar-refractivity contribution in [2.45, 2.75) is 18.6 Å². The highest BCUT2D eigenvalue weighted by molar-refractivity contribution is 7.88. The fourth-order valence-electron chi connectivity index (χ4n) is 3.36. The highest BCUT2D eigenvalue weighted by Crippen LogP contribution is 2.25. The summed E-state index contributed by atoms with van der Waals surface area (Å²) in [4.78, 5) is 12.6. The van der Waals surface area contributed by atoms with Crippen LogP contribution < -0.4 is 10.1 Å². The van der Waals surface area contributed by atoms with Gasteiger partial charge in [-0.25, -0.2) is 12.7 Å². The fourth-order valence-corrected chi connectivity index (χ4v) is 5.24. The molecule has 1 heterocycles. The minimum Gasteiger partial charge on any atom is -0.489 e. The van der Waals surface area contributed by atoms with E-state index in [4.69, 9.17) is 16.3 Å². The van der Waals surface area contributed by atoms with Gasteiger partial charge in [-0.1, -0.05) is 48.5 Å². The van der Waals surface area contributed by atoms with Crippen LogP contribution >= 0.6 is 11.6 Å². The molecular weight excluding hydrogens is 424 g/mol. The van der Waals surface area contributed by atoms with Crippen LogP contribution in [0.15, 0.2) is 61.2 Å². The van der Waals surface area contributed by atoms with E-state index in [0.717, 1.165) is 0 Å². The average Bonchev–Trinajstić information content (AvgIpc) is 2.74. The maximum atomic E-state index is 12.7. The average molecular weight is 449 g/mol. The summed E-state index contributed by atoms with van der Waals surface area (Å²) in [5, 5.41) is 3.34. The Morgan fingerprint density at radius 2 is 1.93 bits per heavy atom. The van der Waals surface area contributed by atoms with Crippen LogP contribution in [0.25, 0.3) is 0 Å². The first kappa shape index (κ1) is 22.3. The molecule has 0 saturated carbocycles. The Labute approximate surface area is 182 Å². The van der Waals surface area contributed by atoms with Crippen LogP contribution in [0.5, 0.6) is 5.75 Å². The first-order chi connectivity index (χ1) is 14.4. The van der Waals surface area contributed by atoms with Crippen molar-refractivity contribution >= 4 is 33.2 Å². The number of benzene rings is 2. The van der Waals surface area contributed by atoms with E-state index in [2.05, 4.69) is 11.9 Å². The van der Waals surface area contributed by atoms with Crippen molar-refractivity contribution < 1.29 is 17.9 Å². The molecule has 0 aromatic heterocycles. The van der Waals surface area contributed by atoms with E-state index in [1.54, 1.807) is 48.5 Å². The van der Waals surface area contributed by atoms with E-state index in [0.29, 0.717) is 54.6 Å². The summed E-state index contributed by atoms with van der Waals surface area (Å²) in [7, 11) is -3.49. The van der Waals surface area contributed by atoms with Gasteiger partial charge >= 0.3 is 0 Å². The van der Waals surface area contributed by atoms with E-state index < -0.39 is 10.0 Å². The Kier molecular flexibility index (Phi) is 7.53. The van der Waals surface area contributed by atoms with Gasteiger partial charge in [-0.2, -0.15) is 0 Å². The zero-order valence-electron chi connectivity index (χ0n) is 16.6. The molecular formula is C22H25ClN2O4S. The van der Waals surface area contributed by atoms with E-state index in [-0.39, 0.29) is 17.6 Å². The van der Waals surface area contributed by atoms with Crippen molar-refractivity contribution in [3.8, 4) is 5.75 Å². The molecule has 0 radical (unpaired) electrons. The van der Waals surface area contributed by atoms with Gasteiger partial charge in [-0.05, 0) is 36.6 Å². The molecule has 8 heteroatoms. The van der Waals surface area contributed by atoms with Crippen LogP contribution in [0.2, 0.25) is 5.02 Å². The second kappa shape index (κ2) is 10.1. The standard InChI is InChI=1S/C22H25ClN2O4S/c1-2-14-29-20-8-5-7-19(15-20)24-22(26)17-10-12-25(13-11-17)30(27,28)16-18-6-3-4-9-21(18)23/h2-9,15,17H,1,10-14,16H2,(H,24,26). The lowest BCUT2D eigenvalue weighted by Gasteiger charge is -2.30. The van der Waals surface area contributed by atoms with Gasteiger partial charge in [0.05, 0.1) is 5.75 Å². The first-order valence-corrected chi connectivity index (χ1v) is 11.7. The third-order valence-corrected chi connectivity index (χ3v) is 7.18. The van der Waals surface area contributed by atoms with Crippen LogP contribution in [0.4, 0.5) is 5.69 Å². The number of ether oxygens (including phenoxy) is 1. The van der Waals surface area contributed by atoms with Crippen molar-refractivity contribution in [3.05, 3.63) is 71.8 Å². The SMILES string of the molecule is C=CCOc1cccc(NC(=O)C2CCN(S(=O)(=O)Cc3ccccc3Cl)CC2)c1. The maximum Gasteiger partial charge on any atom is 0.227 e. The molecule has 30 heavy (non-hydrogen) atoms. The molecule has 0 aliphatic carbocycles. The van der Waals surface area contributed by atoms with Crippen molar-refractivity contribution in [3.63, 3.8) is 0 Å². The van der Waals surface area contributed by atoms with Crippen molar-refractivity contribution in [1.82, 2.24) is 4.31 Å². The lowest BCUT2D eigenvalue weighted by atomic mass is 9.97. The van der Waals surface area contributed by atoms with Gasteiger partial charge in [-0.15, -0.1) is 0 Å². The molecule has 0 bridgehead atoms. The third-order valence-electron chi connectivity index (χ3n) is 4.98. The normalized spacial score (nSPS) is 15.5. The Morgan fingerprint density at radius 1 is 1.20 bits per heavy atom. The first-order valence-electron chi connectivity index (χ1n) is 9.75. The van der Waals surface area contributed by atoms with Crippen molar-refractivity contribution in [2.24, 2.45) is 5.92 Å². The number of amides is 1. The number of rotatable bonds is 8. The number of piperidine rings is 1. The van der Waals surface area contributed by atoms with E-state index in [9.17, 15) is 13.2 Å². The number of hydrogen-bond donors (Lipinski definition) is 1. The summed E-state index contributed by atoms with van der Waals surface area (Å²) in [5.41, 5.74) is 1.23. The third kappa shape index (κ3) is 5.84. The Balaban J connectivity index is 1.55. The monoisotopic (exact) mass is 448 g/mol. The van der Waals surface area contributed by atoms with Gasteiger partial charge in [0.25, 0.3) is 0 Å². The highest BCUT2D eigenvalue weighted by Gasteiger charge is 2.31. The highest BCUT2D eigenvalue weighted by atomic mass is 35.5. The summed E-state index contributed by atoms with van der Waals surface area (Å²) < 4.78 is 32.4. The zero-order valence-corrected chi connectivity index (χ0v) is 18.2. The van der Waals surface area contributed by atoms with Crippen LogP contribution in [0.1, 0.15) is 18.4 Å². The van der Waals surface area contributed by atoms with Crippen LogP contribution in [0.3, 0.4) is 0 Å². The quantitative estimate of drug-likeness (QED) is 0.617. The van der Waals surface area contributed by atoms with E-state index in [1.165, 1.54) is 4.31 Å².